The van der Waals surface area contributed by atoms with Crippen molar-refractivity contribution in [2.75, 3.05) is 26.7 Å². The van der Waals surface area contributed by atoms with Crippen molar-refractivity contribution in [2.24, 2.45) is 11.1 Å². The highest BCUT2D eigenvalue weighted by molar-refractivity contribution is 7.89. The summed E-state index contributed by atoms with van der Waals surface area (Å²) >= 11 is 0. The summed E-state index contributed by atoms with van der Waals surface area (Å²) in [4.78, 5) is 10.1. The Labute approximate surface area is 141 Å². The molecule has 8 nitrogen and oxygen atoms in total. The van der Waals surface area contributed by atoms with Gasteiger partial charge >= 0.3 is 0 Å². The van der Waals surface area contributed by atoms with Gasteiger partial charge in [-0.05, 0) is 30.5 Å². The second-order valence-electron chi connectivity index (χ2n) is 5.69. The predicted molar refractivity (Wildman–Crippen MR) is 87.4 cm³/mol. The van der Waals surface area contributed by atoms with Gasteiger partial charge in [-0.2, -0.15) is 4.31 Å². The zero-order valence-electron chi connectivity index (χ0n) is 12.9. The van der Waals surface area contributed by atoms with E-state index in [2.05, 4.69) is 0 Å². The maximum atomic E-state index is 12.7. The van der Waals surface area contributed by atoms with Crippen LogP contribution < -0.4 is 10.5 Å². The van der Waals surface area contributed by atoms with E-state index in [-0.39, 0.29) is 35.0 Å². The van der Waals surface area contributed by atoms with E-state index in [1.807, 2.05) is 6.92 Å². The Bertz CT molecular complexity index is 697. The molecule has 1 aliphatic heterocycles. The van der Waals surface area contributed by atoms with E-state index in [1.165, 1.54) is 23.5 Å². The first kappa shape index (κ1) is 19.6. The molecular weight excluding hydrogens is 346 g/mol. The van der Waals surface area contributed by atoms with Crippen LogP contribution in [-0.2, 0) is 10.0 Å². The van der Waals surface area contributed by atoms with E-state index in [0.717, 1.165) is 6.07 Å². The molecule has 0 saturated carbocycles. The van der Waals surface area contributed by atoms with Crippen molar-refractivity contribution in [1.82, 2.24) is 4.31 Å². The molecule has 1 unspecified atom stereocenters. The minimum Gasteiger partial charge on any atom is -0.497 e. The van der Waals surface area contributed by atoms with Gasteiger partial charge in [-0.15, -0.1) is 12.4 Å². The van der Waals surface area contributed by atoms with Gasteiger partial charge in [-0.25, -0.2) is 8.42 Å². The van der Waals surface area contributed by atoms with Crippen LogP contribution in [0.25, 0.3) is 0 Å². The van der Waals surface area contributed by atoms with Gasteiger partial charge < -0.3 is 10.5 Å². The topological polar surface area (TPSA) is 116 Å². The zero-order chi connectivity index (χ0) is 16.5. The van der Waals surface area contributed by atoms with Gasteiger partial charge in [-0.3, -0.25) is 10.1 Å². The molecule has 1 heterocycles. The molecule has 1 aromatic rings. The van der Waals surface area contributed by atoms with Crippen LogP contribution in [0.3, 0.4) is 0 Å². The fourth-order valence-corrected chi connectivity index (χ4v) is 4.20. The molecule has 0 bridgehead atoms. The summed E-state index contributed by atoms with van der Waals surface area (Å²) < 4.78 is 31.6. The molecule has 0 aromatic heterocycles. The number of hydrogen-bond donors (Lipinski definition) is 1. The van der Waals surface area contributed by atoms with E-state index in [0.29, 0.717) is 19.5 Å². The lowest BCUT2D eigenvalue weighted by Gasteiger charge is -2.22. The number of halogens is 1. The summed E-state index contributed by atoms with van der Waals surface area (Å²) in [5, 5.41) is 11.2. The van der Waals surface area contributed by atoms with Crippen molar-refractivity contribution in [2.45, 2.75) is 18.2 Å². The van der Waals surface area contributed by atoms with Gasteiger partial charge in [0.1, 0.15) is 5.75 Å². The van der Waals surface area contributed by atoms with Crippen LogP contribution in [0.4, 0.5) is 5.69 Å². The average Bonchev–Trinajstić information content (AvgIpc) is 2.90. The fraction of sp³-hybridized carbons (Fsp3) is 0.538. The number of sulfonamides is 1. The summed E-state index contributed by atoms with van der Waals surface area (Å²) in [6, 6.07) is 3.73. The molecule has 0 amide bonds. The van der Waals surface area contributed by atoms with Crippen LogP contribution in [0.2, 0.25) is 0 Å². The quantitative estimate of drug-likeness (QED) is 0.622. The number of benzene rings is 1. The number of ether oxygens (including phenoxy) is 1. The van der Waals surface area contributed by atoms with Crippen molar-refractivity contribution < 1.29 is 18.1 Å². The number of rotatable bonds is 5. The Morgan fingerprint density at radius 2 is 2.13 bits per heavy atom. The predicted octanol–water partition coefficient (Wildman–Crippen LogP) is 1.38. The maximum Gasteiger partial charge on any atom is 0.293 e. The molecule has 10 heteroatoms. The third kappa shape index (κ3) is 3.74. The van der Waals surface area contributed by atoms with Gasteiger partial charge in [0, 0.05) is 13.1 Å². The van der Waals surface area contributed by atoms with Gasteiger partial charge in [0.15, 0.2) is 4.90 Å². The molecule has 0 radical (unpaired) electrons. The van der Waals surface area contributed by atoms with Crippen LogP contribution in [0.1, 0.15) is 13.3 Å². The molecule has 2 rings (SSSR count). The van der Waals surface area contributed by atoms with Crippen LogP contribution >= 0.6 is 12.4 Å². The smallest absolute Gasteiger partial charge is 0.293 e. The second kappa shape index (κ2) is 7.00. The van der Waals surface area contributed by atoms with Gasteiger partial charge in [0.05, 0.1) is 18.1 Å². The monoisotopic (exact) mass is 365 g/mol. The summed E-state index contributed by atoms with van der Waals surface area (Å²) in [7, 11) is -2.58. The van der Waals surface area contributed by atoms with Crippen molar-refractivity contribution in [3.8, 4) is 5.75 Å². The molecule has 1 saturated heterocycles. The SMILES string of the molecule is COc1ccc(S(=O)(=O)N2CCC(C)(CN)C2)c([N+](=O)[O-])c1.Cl. The number of nitro benzene ring substituents is 1. The van der Waals surface area contributed by atoms with Gasteiger partial charge in [0.2, 0.25) is 10.0 Å². The van der Waals surface area contributed by atoms with Gasteiger partial charge in [0.25, 0.3) is 5.69 Å². The Morgan fingerprint density at radius 3 is 2.61 bits per heavy atom. The first-order chi connectivity index (χ1) is 10.2. The zero-order valence-corrected chi connectivity index (χ0v) is 14.5. The molecule has 1 fully saturated rings. The first-order valence-corrected chi connectivity index (χ1v) is 8.20. The third-order valence-corrected chi connectivity index (χ3v) is 5.89. The summed E-state index contributed by atoms with van der Waals surface area (Å²) in [5.74, 6) is 0.235. The molecule has 130 valence electrons. The lowest BCUT2D eigenvalue weighted by atomic mass is 9.90. The standard InChI is InChI=1S/C13H19N3O5S.ClH/c1-13(8-14)5-6-15(9-13)22(19,20)12-4-3-10(21-2)7-11(12)16(17)18;/h3-4,7H,5-6,8-9,14H2,1-2H3;1H. The van der Waals surface area contributed by atoms with Crippen LogP contribution in [-0.4, -0.2) is 44.4 Å². The minimum atomic E-state index is -3.94. The minimum absolute atomic E-state index is 0. The Balaban J connectivity index is 0.00000264. The van der Waals surface area contributed by atoms with E-state index in [4.69, 9.17) is 10.5 Å². The van der Waals surface area contributed by atoms with E-state index in [9.17, 15) is 18.5 Å². The van der Waals surface area contributed by atoms with Gasteiger partial charge in [-0.1, -0.05) is 6.92 Å². The third-order valence-electron chi connectivity index (χ3n) is 4.00. The molecule has 0 aliphatic carbocycles. The number of hydrogen-bond acceptors (Lipinski definition) is 6. The molecule has 1 atom stereocenters. The highest BCUT2D eigenvalue weighted by atomic mass is 35.5. The lowest BCUT2D eigenvalue weighted by molar-refractivity contribution is -0.387. The fourth-order valence-electron chi connectivity index (χ4n) is 2.47. The average molecular weight is 366 g/mol. The summed E-state index contributed by atoms with van der Waals surface area (Å²) in [6.07, 6.45) is 0.632. The molecule has 0 spiro atoms. The number of methoxy groups -OCH3 is 1. The highest BCUT2D eigenvalue weighted by Gasteiger charge is 2.41. The molecule has 1 aromatic carbocycles. The largest absolute Gasteiger partial charge is 0.497 e. The van der Waals surface area contributed by atoms with E-state index >= 15 is 0 Å². The Morgan fingerprint density at radius 1 is 1.48 bits per heavy atom. The first-order valence-electron chi connectivity index (χ1n) is 6.76. The van der Waals surface area contributed by atoms with Crippen LogP contribution in [0, 0.1) is 15.5 Å². The van der Waals surface area contributed by atoms with Crippen LogP contribution in [0.5, 0.6) is 5.75 Å². The molecule has 2 N–H and O–H groups in total. The number of nitrogens with zero attached hydrogens (tertiary/aromatic N) is 2. The molecule has 23 heavy (non-hydrogen) atoms. The normalized spacial score (nSPS) is 21.7. The van der Waals surface area contributed by atoms with Crippen molar-refractivity contribution in [3.63, 3.8) is 0 Å². The van der Waals surface area contributed by atoms with Crippen molar-refractivity contribution in [1.29, 1.82) is 0 Å². The Kier molecular flexibility index (Phi) is 5.97. The van der Waals surface area contributed by atoms with Crippen molar-refractivity contribution >= 4 is 28.1 Å². The lowest BCUT2D eigenvalue weighted by Crippen LogP contribution is -2.34. The maximum absolute atomic E-state index is 12.7. The van der Waals surface area contributed by atoms with E-state index < -0.39 is 20.6 Å². The summed E-state index contributed by atoms with van der Waals surface area (Å²) in [5.41, 5.74) is 4.90. The van der Waals surface area contributed by atoms with E-state index in [1.54, 1.807) is 0 Å². The highest BCUT2D eigenvalue weighted by Crippen LogP contribution is 2.36. The number of nitrogens with two attached hydrogens (primary N) is 1. The van der Waals surface area contributed by atoms with Crippen molar-refractivity contribution in [3.05, 3.63) is 28.3 Å². The molecule has 1 aliphatic rings. The van der Waals surface area contributed by atoms with Crippen LogP contribution in [0.15, 0.2) is 23.1 Å². The second-order valence-corrected chi connectivity index (χ2v) is 7.60. The molecular formula is C13H20ClN3O5S. The Hall–Kier alpha value is -1.42. The summed E-state index contributed by atoms with van der Waals surface area (Å²) in [6.45, 7) is 2.84. The number of nitro groups is 1.